The Morgan fingerprint density at radius 1 is 1.04 bits per heavy atom. The summed E-state index contributed by atoms with van der Waals surface area (Å²) >= 11 is 1.70. The smallest absolute Gasteiger partial charge is 0.275 e. The summed E-state index contributed by atoms with van der Waals surface area (Å²) in [5.41, 5.74) is 2.76. The van der Waals surface area contributed by atoms with E-state index in [-0.39, 0.29) is 12.2 Å². The van der Waals surface area contributed by atoms with Gasteiger partial charge in [-0.15, -0.1) is 0 Å². The molecule has 130 valence electrons. The van der Waals surface area contributed by atoms with E-state index < -0.39 is 0 Å². The predicted octanol–water partition coefficient (Wildman–Crippen LogP) is 3.38. The third-order valence-electron chi connectivity index (χ3n) is 4.14. The summed E-state index contributed by atoms with van der Waals surface area (Å²) in [6.45, 7) is -0.0723. The molecule has 0 fully saturated rings. The molecule has 0 aliphatic heterocycles. The summed E-state index contributed by atoms with van der Waals surface area (Å²) in [6, 6.07) is 18.4. The molecule has 0 atom stereocenters. The van der Waals surface area contributed by atoms with E-state index in [1.54, 1.807) is 24.2 Å². The number of H-pyrrole nitrogens is 1. The molecule has 0 saturated heterocycles. The van der Waals surface area contributed by atoms with Crippen LogP contribution in [0.4, 0.5) is 0 Å². The lowest BCUT2D eigenvalue weighted by Crippen LogP contribution is -2.20. The fourth-order valence-electron chi connectivity index (χ4n) is 2.83. The monoisotopic (exact) mass is 363 g/mol. The second-order valence-electron chi connectivity index (χ2n) is 5.85. The summed E-state index contributed by atoms with van der Waals surface area (Å²) < 4.78 is 1.42. The Bertz CT molecular complexity index is 1090. The van der Waals surface area contributed by atoms with Crippen molar-refractivity contribution in [1.29, 1.82) is 0 Å². The Kier molecular flexibility index (Phi) is 4.60. The first kappa shape index (κ1) is 16.6. The molecule has 2 aromatic carbocycles. The highest BCUT2D eigenvalue weighted by Gasteiger charge is 2.11. The van der Waals surface area contributed by atoms with E-state index in [1.807, 2.05) is 30.3 Å². The topological polar surface area (TPSA) is 70.4 Å². The molecule has 4 aromatic rings. The molecule has 0 saturated carbocycles. The zero-order valence-corrected chi connectivity index (χ0v) is 14.7. The van der Waals surface area contributed by atoms with Crippen LogP contribution in [0, 0.1) is 0 Å². The lowest BCUT2D eigenvalue weighted by Gasteiger charge is -2.04. The van der Waals surface area contributed by atoms with Gasteiger partial charge in [-0.05, 0) is 29.8 Å². The summed E-state index contributed by atoms with van der Waals surface area (Å²) in [4.78, 5) is 19.1. The van der Waals surface area contributed by atoms with E-state index in [0.717, 1.165) is 16.0 Å². The van der Waals surface area contributed by atoms with Gasteiger partial charge < -0.3 is 5.11 Å². The van der Waals surface area contributed by atoms with Gasteiger partial charge >= 0.3 is 0 Å². The number of benzene rings is 2. The number of nitrogens with one attached hydrogen (secondary N) is 1. The Labute approximate surface area is 154 Å². The molecular formula is C20H17N3O2S. The van der Waals surface area contributed by atoms with Gasteiger partial charge in [0.2, 0.25) is 0 Å². The molecule has 4 rings (SSSR count). The van der Waals surface area contributed by atoms with Gasteiger partial charge in [0.25, 0.3) is 5.56 Å². The van der Waals surface area contributed by atoms with Crippen LogP contribution >= 0.6 is 11.8 Å². The minimum absolute atomic E-state index is 0.0723. The first-order valence-electron chi connectivity index (χ1n) is 8.28. The maximum Gasteiger partial charge on any atom is 0.275 e. The molecule has 0 aliphatic rings. The largest absolute Gasteiger partial charge is 0.396 e. The average molecular weight is 363 g/mol. The van der Waals surface area contributed by atoms with Gasteiger partial charge in [0.15, 0.2) is 5.65 Å². The maximum atomic E-state index is 12.4. The SMILES string of the molecule is O=c1c(CCO)cnc2c(-c3ccc(Sc4ccccc4)cc3)c[nH]n12. The number of fused-ring (bicyclic) bond motifs is 1. The molecule has 2 N–H and O–H groups in total. The zero-order valence-electron chi connectivity index (χ0n) is 13.9. The van der Waals surface area contributed by atoms with Crippen LogP contribution in [-0.4, -0.2) is 26.3 Å². The van der Waals surface area contributed by atoms with Crippen molar-refractivity contribution in [2.75, 3.05) is 6.61 Å². The van der Waals surface area contributed by atoms with E-state index in [9.17, 15) is 4.79 Å². The molecule has 0 amide bonds. The number of rotatable bonds is 5. The van der Waals surface area contributed by atoms with Gasteiger partial charge in [-0.1, -0.05) is 42.1 Å². The Hall–Kier alpha value is -2.83. The van der Waals surface area contributed by atoms with Crippen LogP contribution < -0.4 is 5.56 Å². The van der Waals surface area contributed by atoms with E-state index >= 15 is 0 Å². The molecule has 5 nitrogen and oxygen atoms in total. The van der Waals surface area contributed by atoms with Crippen molar-refractivity contribution in [1.82, 2.24) is 14.6 Å². The Balaban J connectivity index is 1.65. The number of hydrogen-bond donors (Lipinski definition) is 2. The molecule has 0 spiro atoms. The number of aliphatic hydroxyl groups is 1. The molecule has 0 bridgehead atoms. The fraction of sp³-hybridized carbons (Fsp3) is 0.100. The number of aromatic amines is 1. The number of aliphatic hydroxyl groups excluding tert-OH is 1. The average Bonchev–Trinajstić information content (AvgIpc) is 3.10. The van der Waals surface area contributed by atoms with Crippen LogP contribution in [0.5, 0.6) is 0 Å². The highest BCUT2D eigenvalue weighted by atomic mass is 32.2. The van der Waals surface area contributed by atoms with Crippen molar-refractivity contribution in [2.24, 2.45) is 0 Å². The van der Waals surface area contributed by atoms with Crippen molar-refractivity contribution in [3.8, 4) is 11.1 Å². The van der Waals surface area contributed by atoms with Gasteiger partial charge in [-0.2, -0.15) is 0 Å². The molecule has 2 heterocycles. The minimum Gasteiger partial charge on any atom is -0.396 e. The van der Waals surface area contributed by atoms with Gasteiger partial charge in [-0.25, -0.2) is 9.50 Å². The van der Waals surface area contributed by atoms with E-state index in [4.69, 9.17) is 5.11 Å². The first-order valence-corrected chi connectivity index (χ1v) is 9.10. The number of aromatic nitrogens is 3. The molecular weight excluding hydrogens is 346 g/mol. The van der Waals surface area contributed by atoms with Gasteiger partial charge in [0.05, 0.1) is 0 Å². The lowest BCUT2D eigenvalue weighted by molar-refractivity contribution is 0.299. The summed E-state index contributed by atoms with van der Waals surface area (Å²) in [7, 11) is 0. The van der Waals surface area contributed by atoms with Crippen molar-refractivity contribution in [3.63, 3.8) is 0 Å². The zero-order chi connectivity index (χ0) is 17.9. The second kappa shape index (κ2) is 7.19. The number of nitrogens with zero attached hydrogens (tertiary/aromatic N) is 2. The third-order valence-corrected chi connectivity index (χ3v) is 5.15. The second-order valence-corrected chi connectivity index (χ2v) is 6.99. The van der Waals surface area contributed by atoms with Gasteiger partial charge in [-0.3, -0.25) is 9.89 Å². The quantitative estimate of drug-likeness (QED) is 0.570. The molecule has 0 aliphatic carbocycles. The molecule has 26 heavy (non-hydrogen) atoms. The van der Waals surface area contributed by atoms with E-state index in [2.05, 4.69) is 34.3 Å². The van der Waals surface area contributed by atoms with E-state index in [0.29, 0.717) is 17.6 Å². The molecule has 0 radical (unpaired) electrons. The Morgan fingerprint density at radius 3 is 2.50 bits per heavy atom. The van der Waals surface area contributed by atoms with Crippen LogP contribution in [0.3, 0.4) is 0 Å². The third kappa shape index (κ3) is 3.16. The van der Waals surface area contributed by atoms with Gasteiger partial charge in [0, 0.05) is 46.3 Å². The fourth-order valence-corrected chi connectivity index (χ4v) is 3.66. The maximum absolute atomic E-state index is 12.4. The minimum atomic E-state index is -0.174. The van der Waals surface area contributed by atoms with Crippen molar-refractivity contribution >= 4 is 17.4 Å². The molecule has 2 aromatic heterocycles. The van der Waals surface area contributed by atoms with Crippen molar-refractivity contribution in [3.05, 3.63) is 82.9 Å². The van der Waals surface area contributed by atoms with Crippen LogP contribution in [0.1, 0.15) is 5.56 Å². The lowest BCUT2D eigenvalue weighted by atomic mass is 10.1. The number of hydrogen-bond acceptors (Lipinski definition) is 4. The summed E-state index contributed by atoms with van der Waals surface area (Å²) in [5.74, 6) is 0. The van der Waals surface area contributed by atoms with Crippen LogP contribution in [0.15, 0.2) is 81.6 Å². The predicted molar refractivity (Wildman–Crippen MR) is 103 cm³/mol. The molecule has 6 heteroatoms. The highest BCUT2D eigenvalue weighted by molar-refractivity contribution is 7.99. The van der Waals surface area contributed by atoms with Crippen LogP contribution in [0.2, 0.25) is 0 Å². The normalized spacial score (nSPS) is 11.1. The highest BCUT2D eigenvalue weighted by Crippen LogP contribution is 2.30. The van der Waals surface area contributed by atoms with Crippen molar-refractivity contribution < 1.29 is 5.11 Å². The first-order chi connectivity index (χ1) is 12.8. The molecule has 0 unspecified atom stereocenters. The van der Waals surface area contributed by atoms with E-state index in [1.165, 1.54) is 9.41 Å². The van der Waals surface area contributed by atoms with Gasteiger partial charge in [0.1, 0.15) is 0 Å². The summed E-state index contributed by atoms with van der Waals surface area (Å²) in [5, 5.41) is 12.0. The Morgan fingerprint density at radius 2 is 1.77 bits per heavy atom. The van der Waals surface area contributed by atoms with Crippen LogP contribution in [0.25, 0.3) is 16.8 Å². The van der Waals surface area contributed by atoms with Crippen LogP contribution in [-0.2, 0) is 6.42 Å². The standard InChI is InChI=1S/C20H17N3O2S/c24-11-10-15-12-21-19-18(13-22-23(19)20(15)25)14-6-8-17(9-7-14)26-16-4-2-1-3-5-16/h1-9,12-13,22,24H,10-11H2. The van der Waals surface area contributed by atoms with Crippen molar-refractivity contribution in [2.45, 2.75) is 16.2 Å². The summed E-state index contributed by atoms with van der Waals surface area (Å²) in [6.07, 6.45) is 3.63.